The molecule has 0 unspecified atom stereocenters. The molecule has 7 nitrogen and oxygen atoms in total. The van der Waals surface area contributed by atoms with Gasteiger partial charge in [-0.15, -0.1) is 11.3 Å². The first kappa shape index (κ1) is 18.5. The number of halogens is 1. The highest BCUT2D eigenvalue weighted by atomic mass is 32.1. The second-order valence-electron chi connectivity index (χ2n) is 6.00. The maximum absolute atomic E-state index is 13.3. The Morgan fingerprint density at radius 1 is 1.17 bits per heavy atom. The van der Waals surface area contributed by atoms with Crippen LogP contribution < -0.4 is 5.43 Å². The van der Waals surface area contributed by atoms with Crippen LogP contribution in [0, 0.1) is 15.9 Å². The smallest absolute Gasteiger partial charge is 0.281 e. The van der Waals surface area contributed by atoms with E-state index < -0.39 is 10.8 Å². The van der Waals surface area contributed by atoms with E-state index in [1.54, 1.807) is 36.4 Å². The molecule has 0 fully saturated rings. The summed E-state index contributed by atoms with van der Waals surface area (Å²) in [5.74, 6) is 0.0527. The molecule has 1 N–H and O–H groups in total. The minimum absolute atomic E-state index is 0.0350. The van der Waals surface area contributed by atoms with Crippen LogP contribution in [0.25, 0.3) is 21.4 Å². The maximum atomic E-state index is 13.3. The van der Waals surface area contributed by atoms with Gasteiger partial charge in [-0.3, -0.25) is 14.9 Å². The second-order valence-corrected chi connectivity index (χ2v) is 7.09. The van der Waals surface area contributed by atoms with Gasteiger partial charge in [0.1, 0.15) is 17.3 Å². The summed E-state index contributed by atoms with van der Waals surface area (Å²) in [6.45, 7) is 0. The molecule has 0 aliphatic carbocycles. The number of nitrogens with one attached hydrogen (secondary N) is 1. The molecule has 4 aromatic rings. The number of nitro benzene ring substituents is 1. The van der Waals surface area contributed by atoms with Gasteiger partial charge in [0.15, 0.2) is 0 Å². The van der Waals surface area contributed by atoms with Gasteiger partial charge >= 0.3 is 0 Å². The van der Waals surface area contributed by atoms with Crippen LogP contribution in [-0.4, -0.2) is 17.0 Å². The largest absolute Gasteiger partial charge is 0.455 e. The fraction of sp³-hybridized carbons (Fsp3) is 0. The number of carbonyl (C=O) groups is 1. The number of hydrogen-bond donors (Lipinski definition) is 1. The third-order valence-corrected chi connectivity index (χ3v) is 5.14. The van der Waals surface area contributed by atoms with Crippen LogP contribution in [0.5, 0.6) is 0 Å². The van der Waals surface area contributed by atoms with Crippen molar-refractivity contribution in [3.05, 3.63) is 87.2 Å². The van der Waals surface area contributed by atoms with Crippen LogP contribution in [0.15, 0.2) is 70.2 Å². The van der Waals surface area contributed by atoms with E-state index in [1.165, 1.54) is 41.8 Å². The molecular weight excluding hydrogens is 397 g/mol. The van der Waals surface area contributed by atoms with Gasteiger partial charge in [-0.25, -0.2) is 9.82 Å². The molecule has 29 heavy (non-hydrogen) atoms. The highest BCUT2D eigenvalue weighted by Crippen LogP contribution is 2.29. The molecule has 2 aromatic heterocycles. The van der Waals surface area contributed by atoms with Crippen molar-refractivity contribution in [2.75, 3.05) is 0 Å². The molecule has 0 radical (unpaired) electrons. The predicted octanol–water partition coefficient (Wildman–Crippen LogP) is 4.97. The zero-order chi connectivity index (χ0) is 20.4. The van der Waals surface area contributed by atoms with Crippen LogP contribution in [0.2, 0.25) is 0 Å². The summed E-state index contributed by atoms with van der Waals surface area (Å²) in [6, 6.07) is 15.3. The quantitative estimate of drug-likeness (QED) is 0.286. The molecule has 0 bridgehead atoms. The Labute approximate surface area is 167 Å². The van der Waals surface area contributed by atoms with Gasteiger partial charge in [0.2, 0.25) is 0 Å². The summed E-state index contributed by atoms with van der Waals surface area (Å²) >= 11 is 1.21. The zero-order valence-electron chi connectivity index (χ0n) is 14.7. The molecule has 2 heterocycles. The lowest BCUT2D eigenvalue weighted by molar-refractivity contribution is -0.384. The number of nitro groups is 1. The Morgan fingerprint density at radius 2 is 2.03 bits per heavy atom. The Balaban J connectivity index is 1.45. The van der Waals surface area contributed by atoms with Crippen molar-refractivity contribution < 1.29 is 18.5 Å². The number of hydrazone groups is 1. The van der Waals surface area contributed by atoms with Gasteiger partial charge in [-0.05, 0) is 36.4 Å². The number of amides is 1. The average Bonchev–Trinajstić information content (AvgIpc) is 3.34. The third kappa shape index (κ3) is 4.04. The van der Waals surface area contributed by atoms with Crippen molar-refractivity contribution >= 4 is 39.2 Å². The van der Waals surface area contributed by atoms with E-state index in [4.69, 9.17) is 4.42 Å². The van der Waals surface area contributed by atoms with Crippen molar-refractivity contribution in [1.82, 2.24) is 5.43 Å². The van der Waals surface area contributed by atoms with E-state index in [0.717, 1.165) is 4.70 Å². The molecule has 0 spiro atoms. The number of benzene rings is 2. The summed E-state index contributed by atoms with van der Waals surface area (Å²) in [5, 5.41) is 15.3. The topological polar surface area (TPSA) is 97.7 Å². The molecule has 1 amide bonds. The van der Waals surface area contributed by atoms with Crippen LogP contribution in [0.1, 0.15) is 15.4 Å². The SMILES string of the molecule is O=C(N/N=C\c1ccc(-c2cccc(F)c2)o1)c1cc2cc([N+](=O)[O-])ccc2s1. The van der Waals surface area contributed by atoms with Crippen LogP contribution in [0.4, 0.5) is 10.1 Å². The van der Waals surface area contributed by atoms with Gasteiger partial charge in [0.25, 0.3) is 11.6 Å². The monoisotopic (exact) mass is 409 g/mol. The molecule has 0 saturated carbocycles. The van der Waals surface area contributed by atoms with Crippen molar-refractivity contribution in [1.29, 1.82) is 0 Å². The summed E-state index contributed by atoms with van der Waals surface area (Å²) < 4.78 is 19.6. The summed E-state index contributed by atoms with van der Waals surface area (Å²) in [5.41, 5.74) is 2.95. The fourth-order valence-corrected chi connectivity index (χ4v) is 3.62. The molecule has 0 atom stereocenters. The molecule has 0 aliphatic rings. The predicted molar refractivity (Wildman–Crippen MR) is 108 cm³/mol. The second kappa shape index (κ2) is 7.64. The molecule has 4 rings (SSSR count). The minimum Gasteiger partial charge on any atom is -0.455 e. The summed E-state index contributed by atoms with van der Waals surface area (Å²) in [6.07, 6.45) is 1.33. The first-order valence-corrected chi connectivity index (χ1v) is 9.18. The van der Waals surface area contributed by atoms with E-state index >= 15 is 0 Å². The van der Waals surface area contributed by atoms with Gasteiger partial charge in [0, 0.05) is 27.8 Å². The standard InChI is InChI=1S/C20H12FN3O4S/c21-14-3-1-2-12(8-14)17-6-5-16(28-17)11-22-23-20(25)19-10-13-9-15(24(26)27)4-7-18(13)29-19/h1-11H,(H,23,25)/b22-11-. The van der Waals surface area contributed by atoms with Crippen molar-refractivity contribution in [3.8, 4) is 11.3 Å². The lowest BCUT2D eigenvalue weighted by atomic mass is 10.2. The number of fused-ring (bicyclic) bond motifs is 1. The number of thiophene rings is 1. The normalized spacial score (nSPS) is 11.2. The van der Waals surface area contributed by atoms with Gasteiger partial charge in [-0.1, -0.05) is 12.1 Å². The van der Waals surface area contributed by atoms with Crippen LogP contribution in [-0.2, 0) is 0 Å². The summed E-state index contributed by atoms with van der Waals surface area (Å²) in [4.78, 5) is 23.0. The maximum Gasteiger partial charge on any atom is 0.281 e. The van der Waals surface area contributed by atoms with Crippen molar-refractivity contribution in [2.45, 2.75) is 0 Å². The fourth-order valence-electron chi connectivity index (χ4n) is 2.68. The molecule has 144 valence electrons. The van der Waals surface area contributed by atoms with Gasteiger partial charge < -0.3 is 4.42 Å². The number of hydrogen-bond acceptors (Lipinski definition) is 6. The Bertz CT molecular complexity index is 1260. The lowest BCUT2D eigenvalue weighted by Gasteiger charge is -1.96. The summed E-state index contributed by atoms with van der Waals surface area (Å²) in [7, 11) is 0. The van der Waals surface area contributed by atoms with Crippen molar-refractivity contribution in [3.63, 3.8) is 0 Å². The Morgan fingerprint density at radius 3 is 2.83 bits per heavy atom. The van der Waals surface area contributed by atoms with E-state index in [1.807, 2.05) is 0 Å². The zero-order valence-corrected chi connectivity index (χ0v) is 15.5. The Hall–Kier alpha value is -3.85. The highest BCUT2D eigenvalue weighted by molar-refractivity contribution is 7.20. The molecule has 9 heteroatoms. The molecule has 0 saturated heterocycles. The van der Waals surface area contributed by atoms with E-state index in [9.17, 15) is 19.3 Å². The van der Waals surface area contributed by atoms with Gasteiger partial charge in [0.05, 0.1) is 16.0 Å². The van der Waals surface area contributed by atoms with Crippen molar-refractivity contribution in [2.24, 2.45) is 5.10 Å². The average molecular weight is 409 g/mol. The van der Waals surface area contributed by atoms with Crippen LogP contribution in [0.3, 0.4) is 0 Å². The first-order chi connectivity index (χ1) is 14.0. The number of carbonyl (C=O) groups excluding carboxylic acids is 1. The number of furan rings is 1. The molecule has 0 aliphatic heterocycles. The highest BCUT2D eigenvalue weighted by Gasteiger charge is 2.13. The lowest BCUT2D eigenvalue weighted by Crippen LogP contribution is -2.15. The van der Waals surface area contributed by atoms with Crippen LogP contribution >= 0.6 is 11.3 Å². The van der Waals surface area contributed by atoms with E-state index in [-0.39, 0.29) is 11.5 Å². The van der Waals surface area contributed by atoms with E-state index in [2.05, 4.69) is 10.5 Å². The minimum atomic E-state index is -0.484. The first-order valence-electron chi connectivity index (χ1n) is 8.37. The number of non-ortho nitro benzene ring substituents is 1. The number of nitrogens with zero attached hydrogens (tertiary/aromatic N) is 2. The number of rotatable bonds is 5. The van der Waals surface area contributed by atoms with Gasteiger partial charge in [-0.2, -0.15) is 5.10 Å². The Kier molecular flexibility index (Phi) is 4.88. The third-order valence-electron chi connectivity index (χ3n) is 4.03. The molecule has 2 aromatic carbocycles. The molecular formula is C20H12FN3O4S. The van der Waals surface area contributed by atoms with E-state index in [0.29, 0.717) is 27.3 Å².